The zero-order valence-corrected chi connectivity index (χ0v) is 17.6. The van der Waals surface area contributed by atoms with Crippen LogP contribution in [0.4, 0.5) is 5.69 Å². The fraction of sp³-hybridized carbons (Fsp3) is 0.682. The average Bonchev–Trinajstić information content (AvgIpc) is 2.74. The van der Waals surface area contributed by atoms with Gasteiger partial charge in [0, 0.05) is 43.8 Å². The van der Waals surface area contributed by atoms with Crippen molar-refractivity contribution in [3.05, 3.63) is 24.7 Å². The summed E-state index contributed by atoms with van der Waals surface area (Å²) in [5, 5.41) is 0. The molecule has 2 aromatic rings. The summed E-state index contributed by atoms with van der Waals surface area (Å²) in [5.41, 5.74) is 3.35. The molecule has 2 saturated heterocycles. The Morgan fingerprint density at radius 3 is 2.43 bits per heavy atom. The van der Waals surface area contributed by atoms with Crippen molar-refractivity contribution in [3.8, 4) is 0 Å². The number of nitrogens with zero attached hydrogens (tertiary/aromatic N) is 5. The van der Waals surface area contributed by atoms with E-state index in [1.807, 2.05) is 6.20 Å². The van der Waals surface area contributed by atoms with Gasteiger partial charge in [0.05, 0.1) is 5.69 Å². The molecule has 4 rings (SSSR count). The van der Waals surface area contributed by atoms with Gasteiger partial charge in [-0.15, -0.1) is 0 Å². The summed E-state index contributed by atoms with van der Waals surface area (Å²) in [4.78, 5) is 18.6. The van der Waals surface area contributed by atoms with Crippen LogP contribution in [-0.2, 0) is 0 Å². The van der Waals surface area contributed by atoms with Crippen molar-refractivity contribution in [1.82, 2.24) is 26.0 Å². The highest BCUT2D eigenvalue weighted by atomic mass is 15.2. The number of piperidine rings is 2. The first-order valence-corrected chi connectivity index (χ1v) is 10.8. The number of fused-ring (bicyclic) bond motifs is 1. The number of pyridine rings is 1. The van der Waals surface area contributed by atoms with Crippen molar-refractivity contribution in [2.75, 3.05) is 31.1 Å². The van der Waals surface area contributed by atoms with Crippen LogP contribution in [0.25, 0.3) is 11.2 Å². The molecule has 0 atom stereocenters. The third-order valence-electron chi connectivity index (χ3n) is 7.09. The molecule has 0 bridgehead atoms. The molecular weight excluding hydrogens is 348 g/mol. The zero-order valence-electron chi connectivity index (χ0n) is 17.6. The van der Waals surface area contributed by atoms with E-state index in [1.165, 1.54) is 63.7 Å². The summed E-state index contributed by atoms with van der Waals surface area (Å²) < 4.78 is 0. The lowest BCUT2D eigenvalue weighted by molar-refractivity contribution is 0.0220. The Hall–Kier alpha value is -1.79. The Bertz CT molecular complexity index is 746. The lowest BCUT2D eigenvalue weighted by atomic mass is 9.80. The molecule has 2 aromatic heterocycles. The molecule has 0 aromatic carbocycles. The molecule has 3 N–H and O–H groups in total. The number of rotatable bonds is 5. The summed E-state index contributed by atoms with van der Waals surface area (Å²) in [5.74, 6) is 0.816. The quantitative estimate of drug-likeness (QED) is 0.820. The van der Waals surface area contributed by atoms with Crippen LogP contribution in [0.5, 0.6) is 0 Å². The molecule has 154 valence electrons. The van der Waals surface area contributed by atoms with Crippen LogP contribution in [0.3, 0.4) is 0 Å². The van der Waals surface area contributed by atoms with Crippen molar-refractivity contribution in [1.29, 1.82) is 0 Å². The van der Waals surface area contributed by atoms with Gasteiger partial charge < -0.3 is 11.1 Å². The topological polar surface area (TPSA) is 80.2 Å². The van der Waals surface area contributed by atoms with Gasteiger partial charge in [-0.25, -0.2) is 15.0 Å². The van der Waals surface area contributed by atoms with Gasteiger partial charge in [-0.2, -0.15) is 0 Å². The van der Waals surface area contributed by atoms with Crippen LogP contribution in [0.1, 0.15) is 58.8 Å². The van der Waals surface area contributed by atoms with E-state index in [9.17, 15) is 0 Å². The predicted molar refractivity (Wildman–Crippen MR) is 116 cm³/mol. The number of hydrogen-bond donors (Lipinski definition) is 1. The number of likely N-dealkylation sites (tertiary alicyclic amines) is 1. The summed E-state index contributed by atoms with van der Waals surface area (Å²) in [7, 11) is 0. The second-order valence-electron chi connectivity index (χ2n) is 8.32. The van der Waals surface area contributed by atoms with Crippen molar-refractivity contribution < 1.29 is 0 Å². The average molecular weight is 385 g/mol. The highest BCUT2D eigenvalue weighted by Crippen LogP contribution is 2.36. The molecule has 4 heterocycles. The van der Waals surface area contributed by atoms with Gasteiger partial charge in [-0.1, -0.05) is 20.3 Å². The molecule has 0 amide bonds. The molecule has 6 nitrogen and oxygen atoms in total. The smallest absolute Gasteiger partial charge is 0.180 e. The van der Waals surface area contributed by atoms with Gasteiger partial charge in [0.25, 0.3) is 0 Å². The van der Waals surface area contributed by atoms with Gasteiger partial charge in [0.1, 0.15) is 5.52 Å². The standard InChI is InChI=1S/C22H33N5.H3N/c1-3-22(4-2)10-5-6-14-27(22)17-18-8-15-26(16-9-18)19-7-11-24-21-20(19)23-12-13-25-21;/h7,11-13,18H,3-6,8-10,14-17H2,1-2H3;1H3. The largest absolute Gasteiger partial charge is 0.370 e. The number of hydrogen-bond acceptors (Lipinski definition) is 6. The minimum Gasteiger partial charge on any atom is -0.370 e. The fourth-order valence-electron chi connectivity index (χ4n) is 5.27. The first-order chi connectivity index (χ1) is 13.3. The van der Waals surface area contributed by atoms with E-state index in [-0.39, 0.29) is 6.15 Å². The van der Waals surface area contributed by atoms with Gasteiger partial charge in [-0.3, -0.25) is 4.90 Å². The molecule has 6 heteroatoms. The molecule has 0 spiro atoms. The molecule has 2 aliphatic heterocycles. The predicted octanol–water partition coefficient (Wildman–Crippen LogP) is 4.45. The molecule has 0 aliphatic carbocycles. The van der Waals surface area contributed by atoms with E-state index in [4.69, 9.17) is 0 Å². The van der Waals surface area contributed by atoms with Crippen LogP contribution in [0.15, 0.2) is 24.7 Å². The minimum absolute atomic E-state index is 0. The number of aromatic nitrogens is 3. The number of anilines is 1. The molecule has 0 saturated carbocycles. The maximum Gasteiger partial charge on any atom is 0.180 e. The van der Waals surface area contributed by atoms with Gasteiger partial charge in [0.15, 0.2) is 5.65 Å². The van der Waals surface area contributed by atoms with Gasteiger partial charge in [0.2, 0.25) is 0 Å². The minimum atomic E-state index is 0. The van der Waals surface area contributed by atoms with Crippen molar-refractivity contribution in [2.45, 2.75) is 64.3 Å². The van der Waals surface area contributed by atoms with E-state index in [0.29, 0.717) is 5.54 Å². The monoisotopic (exact) mass is 384 g/mol. The van der Waals surface area contributed by atoms with Crippen LogP contribution in [0.2, 0.25) is 0 Å². The van der Waals surface area contributed by atoms with Crippen molar-refractivity contribution in [2.24, 2.45) is 5.92 Å². The fourth-order valence-corrected chi connectivity index (χ4v) is 5.27. The van der Waals surface area contributed by atoms with E-state index in [0.717, 1.165) is 30.2 Å². The first-order valence-electron chi connectivity index (χ1n) is 10.8. The van der Waals surface area contributed by atoms with Gasteiger partial charge >= 0.3 is 0 Å². The van der Waals surface area contributed by atoms with Crippen molar-refractivity contribution in [3.63, 3.8) is 0 Å². The van der Waals surface area contributed by atoms with E-state index in [1.54, 1.807) is 12.4 Å². The molecule has 0 radical (unpaired) electrons. The summed E-state index contributed by atoms with van der Waals surface area (Å²) >= 11 is 0. The van der Waals surface area contributed by atoms with E-state index >= 15 is 0 Å². The summed E-state index contributed by atoms with van der Waals surface area (Å²) in [6.45, 7) is 9.58. The van der Waals surface area contributed by atoms with E-state index < -0.39 is 0 Å². The van der Waals surface area contributed by atoms with Gasteiger partial charge in [-0.05, 0) is 57.1 Å². The Morgan fingerprint density at radius 2 is 1.68 bits per heavy atom. The Morgan fingerprint density at radius 1 is 0.964 bits per heavy atom. The molecular formula is C22H36N6. The Labute approximate surface area is 169 Å². The second-order valence-corrected chi connectivity index (χ2v) is 8.32. The van der Waals surface area contributed by atoms with Crippen LogP contribution in [-0.4, -0.2) is 51.6 Å². The Balaban J connectivity index is 0.00000225. The Kier molecular flexibility index (Phi) is 6.83. The summed E-state index contributed by atoms with van der Waals surface area (Å²) in [6, 6.07) is 2.10. The lowest BCUT2D eigenvalue weighted by Crippen LogP contribution is -2.53. The highest BCUT2D eigenvalue weighted by Gasteiger charge is 2.37. The van der Waals surface area contributed by atoms with Crippen molar-refractivity contribution >= 4 is 16.9 Å². The molecule has 28 heavy (non-hydrogen) atoms. The second kappa shape index (κ2) is 9.14. The molecule has 2 fully saturated rings. The van der Waals surface area contributed by atoms with E-state index in [2.05, 4.69) is 44.7 Å². The SMILES string of the molecule is CCC1(CC)CCCCN1CC1CCN(c2ccnc3nccnc23)CC1.N. The molecule has 0 unspecified atom stereocenters. The summed E-state index contributed by atoms with van der Waals surface area (Å²) in [6.07, 6.45) is 14.7. The highest BCUT2D eigenvalue weighted by molar-refractivity contribution is 5.84. The third-order valence-corrected chi connectivity index (χ3v) is 7.09. The third kappa shape index (κ3) is 3.98. The van der Waals surface area contributed by atoms with Crippen LogP contribution < -0.4 is 11.1 Å². The maximum absolute atomic E-state index is 4.54. The zero-order chi connectivity index (χ0) is 18.7. The maximum atomic E-state index is 4.54. The van der Waals surface area contributed by atoms with Crippen LogP contribution >= 0.6 is 0 Å². The van der Waals surface area contributed by atoms with Crippen LogP contribution in [0, 0.1) is 5.92 Å². The normalized spacial score (nSPS) is 20.9. The lowest BCUT2D eigenvalue weighted by Gasteiger charge is -2.49. The molecule has 2 aliphatic rings. The first kappa shape index (κ1) is 20.9.